The van der Waals surface area contributed by atoms with E-state index in [1.165, 1.54) is 186 Å². The van der Waals surface area contributed by atoms with Crippen molar-refractivity contribution < 1.29 is 32.9 Å². The molecule has 0 aliphatic heterocycles. The van der Waals surface area contributed by atoms with Crippen molar-refractivity contribution in [3.05, 3.63) is 0 Å². The smallest absolute Gasteiger partial charge is 0.268 e. The highest BCUT2D eigenvalue weighted by molar-refractivity contribution is 7.45. The summed E-state index contributed by atoms with van der Waals surface area (Å²) in [4.78, 5) is 25.0. The van der Waals surface area contributed by atoms with E-state index in [-0.39, 0.29) is 19.1 Å². The summed E-state index contributed by atoms with van der Waals surface area (Å²) < 4.78 is 23.1. The van der Waals surface area contributed by atoms with Crippen LogP contribution in [0.2, 0.25) is 0 Å². The number of rotatable bonds is 47. The number of carbonyl (C=O) groups excluding carboxylic acids is 1. The van der Waals surface area contributed by atoms with Gasteiger partial charge in [0, 0.05) is 6.42 Å². The molecule has 0 spiro atoms. The summed E-state index contributed by atoms with van der Waals surface area (Å²) in [6.45, 7) is 4.62. The molecule has 0 aromatic carbocycles. The van der Waals surface area contributed by atoms with Crippen molar-refractivity contribution in [2.75, 3.05) is 40.9 Å². The van der Waals surface area contributed by atoms with Crippen molar-refractivity contribution in [1.29, 1.82) is 0 Å². The predicted molar refractivity (Wildman–Crippen MR) is 247 cm³/mol. The number of phosphoric ester groups is 1. The summed E-state index contributed by atoms with van der Waals surface area (Å²) in [5, 5.41) is 13.8. The van der Waals surface area contributed by atoms with E-state index in [1.807, 2.05) is 21.1 Å². The number of amides is 1. The lowest BCUT2D eigenvalue weighted by molar-refractivity contribution is -0.870. The Morgan fingerprint density at radius 1 is 0.534 bits per heavy atom. The number of aliphatic hydroxyl groups is 1. The number of likely N-dealkylation sites (N-methyl/N-ethyl adjacent to an activating group) is 1. The highest BCUT2D eigenvalue weighted by atomic mass is 31.2. The third-order valence-corrected chi connectivity index (χ3v) is 12.8. The van der Waals surface area contributed by atoms with Gasteiger partial charge in [0.15, 0.2) is 0 Å². The average Bonchev–Trinajstić information content (AvgIpc) is 3.17. The molecule has 348 valence electrons. The van der Waals surface area contributed by atoms with Crippen molar-refractivity contribution in [2.45, 2.75) is 270 Å². The minimum Gasteiger partial charge on any atom is -0.756 e. The Kier molecular flexibility index (Phi) is 41.5. The molecule has 58 heavy (non-hydrogen) atoms. The molecule has 1 amide bonds. The van der Waals surface area contributed by atoms with Crippen LogP contribution in [-0.4, -0.2) is 68.5 Å². The fourth-order valence-corrected chi connectivity index (χ4v) is 8.53. The molecule has 0 radical (unpaired) electrons. The maximum absolute atomic E-state index is 12.6. The van der Waals surface area contributed by atoms with Crippen molar-refractivity contribution in [3.8, 4) is 0 Å². The highest BCUT2D eigenvalue weighted by Gasteiger charge is 2.24. The second-order valence-corrected chi connectivity index (χ2v) is 20.3. The van der Waals surface area contributed by atoms with E-state index >= 15 is 0 Å². The number of phosphoric acid groups is 1. The molecule has 0 fully saturated rings. The van der Waals surface area contributed by atoms with E-state index in [0.717, 1.165) is 44.9 Å². The lowest BCUT2D eigenvalue weighted by Gasteiger charge is -2.30. The van der Waals surface area contributed by atoms with Crippen LogP contribution in [0.4, 0.5) is 0 Å². The number of carbonyl (C=O) groups is 1. The van der Waals surface area contributed by atoms with E-state index in [0.29, 0.717) is 23.9 Å². The van der Waals surface area contributed by atoms with Gasteiger partial charge in [-0.1, -0.05) is 239 Å². The zero-order chi connectivity index (χ0) is 42.8. The monoisotopic (exact) mass is 845 g/mol. The average molecular weight is 845 g/mol. The van der Waals surface area contributed by atoms with E-state index < -0.39 is 20.0 Å². The van der Waals surface area contributed by atoms with E-state index in [9.17, 15) is 19.4 Å². The molecule has 0 aliphatic carbocycles. The van der Waals surface area contributed by atoms with Crippen molar-refractivity contribution in [2.24, 2.45) is 0 Å². The first-order chi connectivity index (χ1) is 28.0. The summed E-state index contributed by atoms with van der Waals surface area (Å²) >= 11 is 0. The molecule has 0 aromatic rings. The Morgan fingerprint density at radius 2 is 0.845 bits per heavy atom. The lowest BCUT2D eigenvalue weighted by atomic mass is 10.0. The van der Waals surface area contributed by atoms with Gasteiger partial charge in [-0.15, -0.1) is 0 Å². The predicted octanol–water partition coefficient (Wildman–Crippen LogP) is 13.9. The number of aliphatic hydroxyl groups excluding tert-OH is 1. The molecule has 0 saturated carbocycles. The number of quaternary nitrogens is 1. The Bertz CT molecular complexity index is 916. The first kappa shape index (κ1) is 57.5. The van der Waals surface area contributed by atoms with Gasteiger partial charge < -0.3 is 28.8 Å². The Labute approximate surface area is 361 Å². The van der Waals surface area contributed by atoms with Crippen molar-refractivity contribution in [1.82, 2.24) is 5.32 Å². The summed E-state index contributed by atoms with van der Waals surface area (Å²) in [6.07, 6.45) is 47.9. The zero-order valence-corrected chi connectivity index (χ0v) is 40.4. The topological polar surface area (TPSA) is 108 Å². The fraction of sp³-hybridized carbons (Fsp3) is 0.980. The maximum atomic E-state index is 12.6. The van der Waals surface area contributed by atoms with Gasteiger partial charge in [-0.2, -0.15) is 0 Å². The first-order valence-corrected chi connectivity index (χ1v) is 26.8. The Morgan fingerprint density at radius 3 is 1.17 bits per heavy atom. The summed E-state index contributed by atoms with van der Waals surface area (Å²) in [7, 11) is 1.31. The van der Waals surface area contributed by atoms with Gasteiger partial charge in [0.05, 0.1) is 39.9 Å². The lowest BCUT2D eigenvalue weighted by Crippen LogP contribution is -2.46. The van der Waals surface area contributed by atoms with Gasteiger partial charge in [-0.25, -0.2) is 0 Å². The summed E-state index contributed by atoms with van der Waals surface area (Å²) in [5.74, 6) is -0.179. The molecular formula is C49H101N2O6P. The molecule has 0 rings (SSSR count). The molecule has 8 nitrogen and oxygen atoms in total. The van der Waals surface area contributed by atoms with Crippen LogP contribution in [0, 0.1) is 0 Å². The molecule has 9 heteroatoms. The van der Waals surface area contributed by atoms with Gasteiger partial charge in [0.25, 0.3) is 7.82 Å². The fourth-order valence-electron chi connectivity index (χ4n) is 7.81. The minimum atomic E-state index is -4.54. The van der Waals surface area contributed by atoms with Crippen LogP contribution in [0.25, 0.3) is 0 Å². The van der Waals surface area contributed by atoms with Crippen LogP contribution in [-0.2, 0) is 18.4 Å². The second-order valence-electron chi connectivity index (χ2n) is 18.9. The number of nitrogens with zero attached hydrogens (tertiary/aromatic N) is 1. The van der Waals surface area contributed by atoms with Gasteiger partial charge in [0.2, 0.25) is 5.91 Å². The van der Waals surface area contributed by atoms with Crippen LogP contribution in [0.1, 0.15) is 258 Å². The molecule has 0 saturated heterocycles. The minimum absolute atomic E-state index is 0.0149. The van der Waals surface area contributed by atoms with Crippen LogP contribution in [0.5, 0.6) is 0 Å². The number of unbranched alkanes of at least 4 members (excludes halogenated alkanes) is 34. The summed E-state index contributed by atoms with van der Waals surface area (Å²) in [6, 6.07) is -0.790. The normalized spacial score (nSPS) is 14.1. The molecule has 0 aliphatic rings. The molecule has 0 aromatic heterocycles. The van der Waals surface area contributed by atoms with Crippen molar-refractivity contribution in [3.63, 3.8) is 0 Å². The van der Waals surface area contributed by atoms with Crippen LogP contribution < -0.4 is 10.2 Å². The maximum Gasteiger partial charge on any atom is 0.268 e. The van der Waals surface area contributed by atoms with E-state index in [2.05, 4.69) is 19.2 Å². The quantitative estimate of drug-likeness (QED) is 0.0359. The number of nitrogens with one attached hydrogen (secondary N) is 1. The van der Waals surface area contributed by atoms with Crippen LogP contribution >= 0.6 is 7.82 Å². The highest BCUT2D eigenvalue weighted by Crippen LogP contribution is 2.38. The number of hydrogen-bond donors (Lipinski definition) is 2. The third kappa shape index (κ3) is 43.6. The SMILES string of the molecule is CCCCCCCCCCCCCCCCCCCCCCCCCCCCCCCCCCC(O)C(COP(=O)([O-])OCC[N+](C)(C)C)NC(=O)CCCCCC. The molecule has 3 atom stereocenters. The first-order valence-electron chi connectivity index (χ1n) is 25.4. The standard InChI is InChI=1S/C49H101N2O6P/c1-6-8-10-12-13-14-15-16-17-18-19-20-21-22-23-24-25-26-27-28-29-30-31-32-33-34-35-36-37-38-39-40-42-48(52)47(50-49(53)43-41-11-9-7-2)46-57-58(54,55)56-45-44-51(3,4)5/h47-48,52H,6-46H2,1-5H3,(H-,50,53,54,55). The number of hydrogen-bond acceptors (Lipinski definition) is 6. The molecular weight excluding hydrogens is 744 g/mol. The van der Waals surface area contributed by atoms with Gasteiger partial charge in [0.1, 0.15) is 13.2 Å². The van der Waals surface area contributed by atoms with Crippen molar-refractivity contribution >= 4 is 13.7 Å². The largest absolute Gasteiger partial charge is 0.756 e. The molecule has 0 bridgehead atoms. The van der Waals surface area contributed by atoms with Crippen LogP contribution in [0.15, 0.2) is 0 Å². The van der Waals surface area contributed by atoms with Gasteiger partial charge >= 0.3 is 0 Å². The second kappa shape index (κ2) is 41.8. The Hall–Kier alpha value is -0.500. The van der Waals surface area contributed by atoms with E-state index in [1.54, 1.807) is 0 Å². The molecule has 3 unspecified atom stereocenters. The summed E-state index contributed by atoms with van der Waals surface area (Å²) in [5.41, 5.74) is 0. The zero-order valence-electron chi connectivity index (χ0n) is 39.5. The van der Waals surface area contributed by atoms with E-state index in [4.69, 9.17) is 9.05 Å². The van der Waals surface area contributed by atoms with Gasteiger partial charge in [-0.05, 0) is 12.8 Å². The third-order valence-electron chi connectivity index (χ3n) is 11.8. The molecule has 0 heterocycles. The Balaban J connectivity index is 3.74. The van der Waals surface area contributed by atoms with Crippen LogP contribution in [0.3, 0.4) is 0 Å². The van der Waals surface area contributed by atoms with Gasteiger partial charge in [-0.3, -0.25) is 9.36 Å². The molecule has 2 N–H and O–H groups in total.